The molecule has 2 N–H and O–H groups in total. The molecule has 3 rings (SSSR count). The first-order valence-corrected chi connectivity index (χ1v) is 5.44. The van der Waals surface area contributed by atoms with Crippen LogP contribution >= 0.6 is 0 Å². The fourth-order valence-corrected chi connectivity index (χ4v) is 3.42. The van der Waals surface area contributed by atoms with Crippen molar-refractivity contribution in [3.8, 4) is 11.9 Å². The Hall–Kier alpha value is -0.851. The van der Waals surface area contributed by atoms with Crippen molar-refractivity contribution < 1.29 is 20.6 Å². The van der Waals surface area contributed by atoms with Gasteiger partial charge in [0.1, 0.15) is 0 Å². The van der Waals surface area contributed by atoms with Crippen molar-refractivity contribution >= 4 is 28.0 Å². The first-order valence-electron chi connectivity index (χ1n) is 2.89. The first kappa shape index (κ1) is 6.83. The molecule has 2 aliphatic rings. The van der Waals surface area contributed by atoms with E-state index in [-0.39, 0.29) is 17.5 Å². The van der Waals surface area contributed by atoms with E-state index in [1.807, 2.05) is 0 Å². The number of aldehydes is 1. The van der Waals surface area contributed by atoms with Crippen LogP contribution in [0.5, 0.6) is 11.9 Å². The van der Waals surface area contributed by atoms with Gasteiger partial charge in [-0.25, -0.2) is 0 Å². The number of aromatic hydroxyl groups is 2. The van der Waals surface area contributed by atoms with Crippen molar-refractivity contribution in [1.29, 1.82) is 0 Å². The van der Waals surface area contributed by atoms with Crippen molar-refractivity contribution in [3.05, 3.63) is 11.8 Å². The van der Waals surface area contributed by atoms with Crippen LogP contribution in [0.15, 0.2) is 6.20 Å². The summed E-state index contributed by atoms with van der Waals surface area (Å²) >= 11 is -1.01. The van der Waals surface area contributed by atoms with Gasteiger partial charge in [-0.15, -0.1) is 0 Å². The second-order valence-corrected chi connectivity index (χ2v) is 5.35. The van der Waals surface area contributed by atoms with Gasteiger partial charge in [-0.3, -0.25) is 0 Å². The monoisotopic (exact) mass is 260 g/mol. The molecule has 1 aromatic rings. The summed E-state index contributed by atoms with van der Waals surface area (Å²) in [6.07, 6.45) is 2.05. The Labute approximate surface area is 72.5 Å². The second-order valence-electron chi connectivity index (χ2n) is 2.13. The number of hydrogen-bond donors (Lipinski definition) is 2. The zero-order valence-electron chi connectivity index (χ0n) is 5.35. The maximum atomic E-state index is 10.3. The van der Waals surface area contributed by atoms with Gasteiger partial charge < -0.3 is 0 Å². The van der Waals surface area contributed by atoms with Gasteiger partial charge >= 0.3 is 72.2 Å². The molecule has 0 fully saturated rings. The van der Waals surface area contributed by atoms with Gasteiger partial charge in [-0.05, 0) is 0 Å². The summed E-state index contributed by atoms with van der Waals surface area (Å²) in [5.41, 5.74) is 0.231. The molecule has 0 aliphatic carbocycles. The molecule has 0 unspecified atom stereocenters. The normalized spacial score (nSPS) is 12.4. The number of nitrogens with zero attached hydrogens (tertiary/aromatic N) is 2. The number of carbonyl (C=O) groups excluding carboxylic acids is 1. The van der Waals surface area contributed by atoms with Crippen LogP contribution in [-0.2, 0) is 0 Å². The second kappa shape index (κ2) is 2.07. The minimum absolute atomic E-state index is 0.0414. The number of hydrogen-bond acceptors (Lipinski definition) is 3. The molecule has 3 heterocycles. The van der Waals surface area contributed by atoms with Gasteiger partial charge in [0.25, 0.3) is 0 Å². The van der Waals surface area contributed by atoms with E-state index in [9.17, 15) is 9.90 Å². The Bertz CT molecular complexity index is 352. The van der Waals surface area contributed by atoms with Crippen LogP contribution in [0.3, 0.4) is 0 Å². The predicted octanol–water partition coefficient (Wildman–Crippen LogP) is -2.27. The average molecular weight is 259 g/mol. The molecule has 0 saturated heterocycles. The standard InChI is InChI=1S/C5H4N2O3.Sn/c8-2-3-1-6-5(10)7-4(3)9;/h1-2H,(H2,6,7,9,10);/q;+2. The molecule has 6 heteroatoms. The van der Waals surface area contributed by atoms with Gasteiger partial charge in [0.05, 0.1) is 0 Å². The molecule has 0 amide bonds. The van der Waals surface area contributed by atoms with Crippen LogP contribution in [-0.4, -0.2) is 38.2 Å². The Balaban J connectivity index is 2.70. The third kappa shape index (κ3) is 0.739. The van der Waals surface area contributed by atoms with E-state index in [4.69, 9.17) is 5.11 Å². The molecule has 11 heavy (non-hydrogen) atoms. The molecule has 2 radical (unpaired) electrons. The third-order valence-corrected chi connectivity index (χ3v) is 4.79. The SMILES string of the molecule is O=Cc1c[n+]2c(O)[n+](c1O)[Sn]2. The van der Waals surface area contributed by atoms with Gasteiger partial charge in [0, 0.05) is 0 Å². The van der Waals surface area contributed by atoms with Crippen molar-refractivity contribution in [1.82, 2.24) is 0 Å². The zero-order chi connectivity index (χ0) is 8.01. The Morgan fingerprint density at radius 3 is 2.73 bits per heavy atom. The van der Waals surface area contributed by atoms with Crippen LogP contribution in [0.4, 0.5) is 0 Å². The van der Waals surface area contributed by atoms with Crippen LogP contribution < -0.4 is 5.58 Å². The topological polar surface area (TPSA) is 65.3 Å². The van der Waals surface area contributed by atoms with E-state index in [0.717, 1.165) is 0 Å². The van der Waals surface area contributed by atoms with Crippen molar-refractivity contribution in [3.63, 3.8) is 0 Å². The first-order chi connectivity index (χ1) is 5.24. The van der Waals surface area contributed by atoms with Gasteiger partial charge in [-0.1, -0.05) is 0 Å². The summed E-state index contributed by atoms with van der Waals surface area (Å²) in [5.74, 6) is -0.105. The molecular weight excluding hydrogens is 255 g/mol. The quantitative estimate of drug-likeness (QED) is 0.448. The molecule has 5 nitrogen and oxygen atoms in total. The van der Waals surface area contributed by atoms with Crippen LogP contribution in [0, 0.1) is 0 Å². The molecule has 2 bridgehead atoms. The van der Waals surface area contributed by atoms with Crippen LogP contribution in [0.25, 0.3) is 0 Å². The van der Waals surface area contributed by atoms with E-state index >= 15 is 0 Å². The predicted molar refractivity (Wildman–Crippen MR) is 32.1 cm³/mol. The Morgan fingerprint density at radius 1 is 1.55 bits per heavy atom. The molecule has 0 saturated carbocycles. The summed E-state index contributed by atoms with van der Waals surface area (Å²) in [4.78, 5) is 10.3. The zero-order valence-corrected chi connectivity index (χ0v) is 8.21. The van der Waals surface area contributed by atoms with E-state index in [0.29, 0.717) is 6.29 Å². The molecule has 54 valence electrons. The number of carbonyl (C=O) groups is 1. The maximum absolute atomic E-state index is 10.3. The molecule has 0 spiro atoms. The summed E-state index contributed by atoms with van der Waals surface area (Å²) < 4.78 is 3.04. The average Bonchev–Trinajstić information content (AvgIpc) is 2.03. The third-order valence-electron chi connectivity index (χ3n) is 1.49. The van der Waals surface area contributed by atoms with Crippen molar-refractivity contribution in [2.75, 3.05) is 0 Å². The summed E-state index contributed by atoms with van der Waals surface area (Å²) in [6.45, 7) is 0. The Kier molecular flexibility index (Phi) is 1.28. The van der Waals surface area contributed by atoms with Crippen LogP contribution in [0.2, 0.25) is 0 Å². The summed E-state index contributed by atoms with van der Waals surface area (Å²) in [5, 5.41) is 18.3. The number of fused-ring (bicyclic) bond motifs is 2. The molecular formula is C5H4N2O3Sn+2. The van der Waals surface area contributed by atoms with Crippen molar-refractivity contribution in [2.24, 2.45) is 0 Å². The van der Waals surface area contributed by atoms with Gasteiger partial charge in [0.2, 0.25) is 0 Å². The molecule has 1 aromatic heterocycles. The fraction of sp³-hybridized carbons (Fsp3) is 0. The number of rotatable bonds is 1. The van der Waals surface area contributed by atoms with E-state index in [1.165, 1.54) is 8.99 Å². The van der Waals surface area contributed by atoms with Gasteiger partial charge in [-0.2, -0.15) is 0 Å². The molecule has 2 aliphatic heterocycles. The number of aromatic nitrogens is 2. The molecule has 0 atom stereocenters. The summed E-state index contributed by atoms with van der Waals surface area (Å²) in [6, 6.07) is 0.0414. The van der Waals surface area contributed by atoms with Crippen molar-refractivity contribution in [2.45, 2.75) is 0 Å². The fourth-order valence-electron chi connectivity index (χ4n) is 0.898. The minimum atomic E-state index is -1.01. The van der Waals surface area contributed by atoms with E-state index < -0.39 is 21.7 Å². The van der Waals surface area contributed by atoms with Crippen LogP contribution in [0.1, 0.15) is 10.4 Å². The Morgan fingerprint density at radius 2 is 2.27 bits per heavy atom. The van der Waals surface area contributed by atoms with Gasteiger partial charge in [0.15, 0.2) is 0 Å². The van der Waals surface area contributed by atoms with E-state index in [2.05, 4.69) is 0 Å². The molecule has 0 aromatic carbocycles. The van der Waals surface area contributed by atoms with E-state index in [1.54, 1.807) is 2.79 Å². The summed E-state index contributed by atoms with van der Waals surface area (Å²) in [7, 11) is 0.